The SMILES string of the molecule is C=CCOc1ccc(C2C(C(=O)OC)=C(C)N=C3SCCC(=O)N32)cc1. The number of hydrogen-bond acceptors (Lipinski definition) is 6. The van der Waals surface area contributed by atoms with Crippen molar-refractivity contribution in [1.29, 1.82) is 0 Å². The van der Waals surface area contributed by atoms with E-state index in [9.17, 15) is 9.59 Å². The fourth-order valence-corrected chi connectivity index (χ4v) is 3.99. The highest BCUT2D eigenvalue weighted by Gasteiger charge is 2.41. The minimum absolute atomic E-state index is 0.0478. The summed E-state index contributed by atoms with van der Waals surface area (Å²) in [5.41, 5.74) is 1.76. The number of esters is 1. The number of amidine groups is 1. The lowest BCUT2D eigenvalue weighted by atomic mass is 9.94. The van der Waals surface area contributed by atoms with E-state index in [0.717, 1.165) is 5.56 Å². The Morgan fingerprint density at radius 1 is 1.42 bits per heavy atom. The van der Waals surface area contributed by atoms with Crippen LogP contribution in [-0.4, -0.2) is 41.4 Å². The molecule has 0 saturated carbocycles. The molecule has 3 rings (SSSR count). The minimum atomic E-state index is -0.552. The lowest BCUT2D eigenvalue weighted by Crippen LogP contribution is -2.45. The number of benzene rings is 1. The summed E-state index contributed by atoms with van der Waals surface area (Å²) in [6, 6.07) is 6.79. The van der Waals surface area contributed by atoms with E-state index in [0.29, 0.717) is 41.0 Å². The van der Waals surface area contributed by atoms with Gasteiger partial charge in [0.25, 0.3) is 0 Å². The Hall–Kier alpha value is -2.54. The van der Waals surface area contributed by atoms with Crippen molar-refractivity contribution in [3.05, 3.63) is 53.8 Å². The van der Waals surface area contributed by atoms with E-state index in [1.54, 1.807) is 17.9 Å². The zero-order valence-electron chi connectivity index (χ0n) is 14.7. The maximum absolute atomic E-state index is 12.6. The van der Waals surface area contributed by atoms with Crippen LogP contribution in [0.1, 0.15) is 24.9 Å². The number of thioether (sulfide) groups is 1. The van der Waals surface area contributed by atoms with Crippen LogP contribution in [0.15, 0.2) is 53.2 Å². The second kappa shape index (κ2) is 7.78. The fraction of sp³-hybridized carbons (Fsp3) is 0.316. The number of rotatable bonds is 5. The van der Waals surface area contributed by atoms with E-state index < -0.39 is 12.0 Å². The number of methoxy groups -OCH3 is 1. The average molecular weight is 372 g/mol. The zero-order valence-corrected chi connectivity index (χ0v) is 15.5. The predicted octanol–water partition coefficient (Wildman–Crippen LogP) is 3.07. The number of hydrogen-bond donors (Lipinski definition) is 0. The average Bonchev–Trinajstić information content (AvgIpc) is 2.65. The van der Waals surface area contributed by atoms with Crippen molar-refractivity contribution >= 4 is 28.8 Å². The number of carbonyl (C=O) groups excluding carboxylic acids is 2. The van der Waals surface area contributed by atoms with Gasteiger partial charge in [0, 0.05) is 12.2 Å². The highest BCUT2D eigenvalue weighted by atomic mass is 32.2. The molecule has 1 aromatic carbocycles. The van der Waals surface area contributed by atoms with Crippen molar-refractivity contribution in [2.45, 2.75) is 19.4 Å². The molecule has 136 valence electrons. The Kier molecular flexibility index (Phi) is 5.46. The highest BCUT2D eigenvalue weighted by Crippen LogP contribution is 2.40. The van der Waals surface area contributed by atoms with E-state index in [1.165, 1.54) is 18.9 Å². The van der Waals surface area contributed by atoms with Crippen LogP contribution in [0.2, 0.25) is 0 Å². The molecule has 1 saturated heterocycles. The molecular formula is C19H20N2O4S. The molecule has 0 radical (unpaired) electrons. The minimum Gasteiger partial charge on any atom is -0.490 e. The van der Waals surface area contributed by atoms with Crippen LogP contribution in [0.5, 0.6) is 5.75 Å². The smallest absolute Gasteiger partial charge is 0.338 e. The van der Waals surface area contributed by atoms with Gasteiger partial charge >= 0.3 is 5.97 Å². The number of fused-ring (bicyclic) bond motifs is 1. The highest BCUT2D eigenvalue weighted by molar-refractivity contribution is 8.14. The van der Waals surface area contributed by atoms with Crippen LogP contribution in [0.3, 0.4) is 0 Å². The lowest BCUT2D eigenvalue weighted by Gasteiger charge is -2.38. The van der Waals surface area contributed by atoms with Crippen molar-refractivity contribution in [1.82, 2.24) is 4.90 Å². The van der Waals surface area contributed by atoms with Crippen LogP contribution in [0.25, 0.3) is 0 Å². The van der Waals surface area contributed by atoms with Crippen LogP contribution in [0.4, 0.5) is 0 Å². The topological polar surface area (TPSA) is 68.2 Å². The van der Waals surface area contributed by atoms with E-state index in [2.05, 4.69) is 11.6 Å². The Bertz CT molecular complexity index is 798. The first-order valence-corrected chi connectivity index (χ1v) is 9.21. The molecule has 0 bridgehead atoms. The lowest BCUT2D eigenvalue weighted by molar-refractivity contribution is -0.137. The van der Waals surface area contributed by atoms with Gasteiger partial charge in [-0.2, -0.15) is 0 Å². The van der Waals surface area contributed by atoms with E-state index >= 15 is 0 Å². The molecule has 0 spiro atoms. The predicted molar refractivity (Wildman–Crippen MR) is 101 cm³/mol. The summed E-state index contributed by atoms with van der Waals surface area (Å²) < 4.78 is 10.5. The first-order valence-electron chi connectivity index (χ1n) is 8.23. The molecule has 2 heterocycles. The van der Waals surface area contributed by atoms with Gasteiger partial charge in [0.05, 0.1) is 24.4 Å². The Morgan fingerprint density at radius 3 is 2.81 bits per heavy atom. The molecule has 2 aliphatic heterocycles. The van der Waals surface area contributed by atoms with Gasteiger partial charge < -0.3 is 9.47 Å². The molecular weight excluding hydrogens is 352 g/mol. The second-order valence-corrected chi connectivity index (χ2v) is 6.88. The molecule has 0 aromatic heterocycles. The van der Waals surface area contributed by atoms with Gasteiger partial charge in [-0.05, 0) is 24.6 Å². The van der Waals surface area contributed by atoms with Crippen molar-refractivity contribution < 1.29 is 19.1 Å². The van der Waals surface area contributed by atoms with Crippen LogP contribution in [0, 0.1) is 0 Å². The number of nitrogens with zero attached hydrogens (tertiary/aromatic N) is 2. The Morgan fingerprint density at radius 2 is 2.15 bits per heavy atom. The maximum atomic E-state index is 12.6. The Labute approximate surface area is 156 Å². The maximum Gasteiger partial charge on any atom is 0.338 e. The molecule has 7 heteroatoms. The van der Waals surface area contributed by atoms with Crippen molar-refractivity contribution in [2.24, 2.45) is 4.99 Å². The third-order valence-electron chi connectivity index (χ3n) is 4.18. The molecule has 1 fully saturated rings. The molecule has 0 N–H and O–H groups in total. The number of carbonyl (C=O) groups is 2. The van der Waals surface area contributed by atoms with Crippen molar-refractivity contribution in [3.63, 3.8) is 0 Å². The summed E-state index contributed by atoms with van der Waals surface area (Å²) in [5.74, 6) is 0.854. The first-order chi connectivity index (χ1) is 12.6. The zero-order chi connectivity index (χ0) is 18.7. The first kappa shape index (κ1) is 18.3. The monoisotopic (exact) mass is 372 g/mol. The van der Waals surface area contributed by atoms with Gasteiger partial charge in [0.2, 0.25) is 5.91 Å². The molecule has 1 atom stereocenters. The summed E-state index contributed by atoms with van der Waals surface area (Å²) in [7, 11) is 1.33. The van der Waals surface area contributed by atoms with Gasteiger partial charge in [-0.15, -0.1) is 0 Å². The molecule has 1 amide bonds. The standard InChI is InChI=1S/C19H20N2O4S/c1-4-10-25-14-7-5-13(6-8-14)17-16(18(23)24-3)12(2)20-19-21(17)15(22)9-11-26-19/h4-8,17H,1,9-11H2,2-3H3. The van der Waals surface area contributed by atoms with E-state index in [4.69, 9.17) is 9.47 Å². The number of aliphatic imine (C=N–C) groups is 1. The molecule has 1 unspecified atom stereocenters. The third kappa shape index (κ3) is 3.39. The van der Waals surface area contributed by atoms with Gasteiger partial charge in [-0.25, -0.2) is 9.79 Å². The van der Waals surface area contributed by atoms with Crippen molar-refractivity contribution in [2.75, 3.05) is 19.5 Å². The van der Waals surface area contributed by atoms with E-state index in [1.807, 2.05) is 24.3 Å². The van der Waals surface area contributed by atoms with Crippen molar-refractivity contribution in [3.8, 4) is 5.75 Å². The molecule has 0 aliphatic carbocycles. The van der Waals surface area contributed by atoms with Crippen LogP contribution in [-0.2, 0) is 14.3 Å². The normalized spacial score (nSPS) is 19.6. The molecule has 6 nitrogen and oxygen atoms in total. The number of allylic oxidation sites excluding steroid dienone is 1. The summed E-state index contributed by atoms with van der Waals surface area (Å²) in [6.45, 7) is 5.80. The summed E-state index contributed by atoms with van der Waals surface area (Å²) >= 11 is 1.52. The van der Waals surface area contributed by atoms with Gasteiger partial charge in [-0.3, -0.25) is 9.69 Å². The molecule has 26 heavy (non-hydrogen) atoms. The summed E-state index contributed by atoms with van der Waals surface area (Å²) in [4.78, 5) is 31.1. The Balaban J connectivity index is 2.04. The number of ether oxygens (including phenoxy) is 2. The third-order valence-corrected chi connectivity index (χ3v) is 5.13. The van der Waals surface area contributed by atoms with Crippen LogP contribution >= 0.6 is 11.8 Å². The largest absolute Gasteiger partial charge is 0.490 e. The molecule has 1 aromatic rings. The quantitative estimate of drug-likeness (QED) is 0.587. The second-order valence-electron chi connectivity index (χ2n) is 5.82. The van der Waals surface area contributed by atoms with Gasteiger partial charge in [-0.1, -0.05) is 36.5 Å². The fourth-order valence-electron chi connectivity index (χ4n) is 2.98. The van der Waals surface area contributed by atoms with Gasteiger partial charge in [0.15, 0.2) is 5.17 Å². The van der Waals surface area contributed by atoms with Gasteiger partial charge in [0.1, 0.15) is 12.4 Å². The summed E-state index contributed by atoms with van der Waals surface area (Å²) in [5, 5.41) is 0.628. The summed E-state index contributed by atoms with van der Waals surface area (Å²) in [6.07, 6.45) is 2.08. The van der Waals surface area contributed by atoms with Crippen LogP contribution < -0.4 is 4.74 Å². The number of amides is 1. The molecule has 2 aliphatic rings. The van der Waals surface area contributed by atoms with E-state index in [-0.39, 0.29) is 5.91 Å².